The van der Waals surface area contributed by atoms with E-state index in [1.165, 1.54) is 18.2 Å². The summed E-state index contributed by atoms with van der Waals surface area (Å²) >= 11 is 0. The van der Waals surface area contributed by atoms with Crippen molar-refractivity contribution in [2.24, 2.45) is 0 Å². The number of H-pyrrole nitrogens is 1. The first kappa shape index (κ1) is 18.7. The highest BCUT2D eigenvalue weighted by Crippen LogP contribution is 2.35. The number of hydrogen-bond donors (Lipinski definition) is 3. The monoisotopic (exact) mass is 405 g/mol. The van der Waals surface area contributed by atoms with Crippen LogP contribution in [0.15, 0.2) is 55.0 Å². The zero-order valence-corrected chi connectivity index (χ0v) is 16.3. The first-order valence-electron chi connectivity index (χ1n) is 10.0. The minimum absolute atomic E-state index is 0.0303. The van der Waals surface area contributed by atoms with Crippen LogP contribution in [0, 0.1) is 11.6 Å². The fraction of sp³-hybridized carbons (Fsp3) is 0.217. The summed E-state index contributed by atoms with van der Waals surface area (Å²) in [5.74, 6) is -0.467. The van der Waals surface area contributed by atoms with Crippen LogP contribution in [0.1, 0.15) is 12.8 Å². The van der Waals surface area contributed by atoms with E-state index in [9.17, 15) is 8.78 Å². The van der Waals surface area contributed by atoms with E-state index < -0.39 is 11.6 Å². The third-order valence-electron chi connectivity index (χ3n) is 5.52. The van der Waals surface area contributed by atoms with E-state index in [2.05, 4.69) is 25.6 Å². The zero-order valence-electron chi connectivity index (χ0n) is 16.3. The fourth-order valence-corrected chi connectivity index (χ4v) is 4.05. The standard InChI is InChI=1S/C23H21F2N5/c24-18-4-1-5-19(25)21(18)14-6-7-20-16(11-14)17(13-29-20)22-23(28-10-9-27-22)30-15-3-2-8-26-12-15/h1,4-7,9-11,13,15,26,29H,2-3,8,12H2,(H,28,30)/t15-/m1/s1. The maximum Gasteiger partial charge on any atom is 0.152 e. The van der Waals surface area contributed by atoms with Crippen molar-refractivity contribution in [2.45, 2.75) is 18.9 Å². The minimum atomic E-state index is -0.585. The number of nitrogens with zero attached hydrogens (tertiary/aromatic N) is 2. The molecule has 30 heavy (non-hydrogen) atoms. The molecule has 5 rings (SSSR count). The van der Waals surface area contributed by atoms with Crippen LogP contribution in [0.3, 0.4) is 0 Å². The van der Waals surface area contributed by atoms with Crippen LogP contribution in [0.2, 0.25) is 0 Å². The fourth-order valence-electron chi connectivity index (χ4n) is 4.05. The minimum Gasteiger partial charge on any atom is -0.364 e. The van der Waals surface area contributed by atoms with E-state index in [0.29, 0.717) is 17.1 Å². The van der Waals surface area contributed by atoms with Crippen molar-refractivity contribution in [3.05, 3.63) is 66.6 Å². The second-order valence-electron chi connectivity index (χ2n) is 7.50. The molecular formula is C23H21F2N5. The molecule has 2 aromatic carbocycles. The average molecular weight is 405 g/mol. The summed E-state index contributed by atoms with van der Waals surface area (Å²) in [6.45, 7) is 1.91. The van der Waals surface area contributed by atoms with Crippen LogP contribution in [0.25, 0.3) is 33.3 Å². The van der Waals surface area contributed by atoms with Crippen LogP contribution >= 0.6 is 0 Å². The third kappa shape index (κ3) is 3.41. The average Bonchev–Trinajstić information content (AvgIpc) is 3.18. The van der Waals surface area contributed by atoms with E-state index in [-0.39, 0.29) is 11.6 Å². The Labute approximate surface area is 172 Å². The van der Waals surface area contributed by atoms with Crippen molar-refractivity contribution in [1.82, 2.24) is 20.3 Å². The Kier molecular flexibility index (Phi) is 4.88. The number of benzene rings is 2. The lowest BCUT2D eigenvalue weighted by Gasteiger charge is -2.24. The van der Waals surface area contributed by atoms with Gasteiger partial charge in [0.05, 0.1) is 5.56 Å². The van der Waals surface area contributed by atoms with E-state index in [4.69, 9.17) is 0 Å². The van der Waals surface area contributed by atoms with Crippen LogP contribution < -0.4 is 10.6 Å². The number of rotatable bonds is 4. The smallest absolute Gasteiger partial charge is 0.152 e. The van der Waals surface area contributed by atoms with Gasteiger partial charge in [-0.3, -0.25) is 4.98 Å². The highest BCUT2D eigenvalue weighted by molar-refractivity contribution is 5.99. The third-order valence-corrected chi connectivity index (χ3v) is 5.52. The molecule has 1 aliphatic heterocycles. The predicted octanol–water partition coefficient (Wildman–Crippen LogP) is 4.73. The number of aromatic nitrogens is 3. The molecule has 5 nitrogen and oxygen atoms in total. The van der Waals surface area contributed by atoms with Gasteiger partial charge in [0.25, 0.3) is 0 Å². The van der Waals surface area contributed by atoms with Crippen molar-refractivity contribution in [3.8, 4) is 22.4 Å². The van der Waals surface area contributed by atoms with Gasteiger partial charge in [-0.05, 0) is 49.2 Å². The van der Waals surface area contributed by atoms with E-state index >= 15 is 0 Å². The van der Waals surface area contributed by atoms with Crippen LogP contribution in [-0.4, -0.2) is 34.1 Å². The zero-order chi connectivity index (χ0) is 20.5. The number of piperidine rings is 1. The molecule has 7 heteroatoms. The van der Waals surface area contributed by atoms with Crippen molar-refractivity contribution < 1.29 is 8.78 Å². The number of aromatic amines is 1. The van der Waals surface area contributed by atoms with E-state index in [0.717, 1.165) is 42.4 Å². The molecule has 1 atom stereocenters. The summed E-state index contributed by atoms with van der Waals surface area (Å²) in [4.78, 5) is 12.3. The van der Waals surface area contributed by atoms with Crippen LogP contribution in [0.5, 0.6) is 0 Å². The lowest BCUT2D eigenvalue weighted by Crippen LogP contribution is -2.38. The second-order valence-corrected chi connectivity index (χ2v) is 7.50. The summed E-state index contributed by atoms with van der Waals surface area (Å²) < 4.78 is 28.6. The molecule has 2 aromatic heterocycles. The number of hydrogen-bond acceptors (Lipinski definition) is 4. The highest BCUT2D eigenvalue weighted by atomic mass is 19.1. The largest absolute Gasteiger partial charge is 0.364 e. The normalized spacial score (nSPS) is 16.7. The number of fused-ring (bicyclic) bond motifs is 1. The molecule has 0 bridgehead atoms. The Hall–Kier alpha value is -3.32. The molecule has 3 N–H and O–H groups in total. The Bertz CT molecular complexity index is 1180. The van der Waals surface area contributed by atoms with Crippen molar-refractivity contribution >= 4 is 16.7 Å². The lowest BCUT2D eigenvalue weighted by atomic mass is 10.0. The molecule has 3 heterocycles. The first-order chi connectivity index (χ1) is 14.7. The molecule has 152 valence electrons. The van der Waals surface area contributed by atoms with Gasteiger partial charge in [0.2, 0.25) is 0 Å². The van der Waals surface area contributed by atoms with Crippen molar-refractivity contribution in [1.29, 1.82) is 0 Å². The van der Waals surface area contributed by atoms with Crippen molar-refractivity contribution in [2.75, 3.05) is 18.4 Å². The Morgan fingerprint density at radius 3 is 2.67 bits per heavy atom. The van der Waals surface area contributed by atoms with Crippen molar-refractivity contribution in [3.63, 3.8) is 0 Å². The summed E-state index contributed by atoms with van der Waals surface area (Å²) in [7, 11) is 0. The van der Waals surface area contributed by atoms with Gasteiger partial charge < -0.3 is 15.6 Å². The molecule has 1 aliphatic rings. The molecule has 4 aromatic rings. The summed E-state index contributed by atoms with van der Waals surface area (Å²) in [6.07, 6.45) is 7.35. The first-order valence-corrected chi connectivity index (χ1v) is 10.0. The molecule has 0 spiro atoms. The van der Waals surface area contributed by atoms with Gasteiger partial charge in [-0.15, -0.1) is 0 Å². The van der Waals surface area contributed by atoms with Crippen LogP contribution in [-0.2, 0) is 0 Å². The van der Waals surface area contributed by atoms with E-state index in [1.807, 2.05) is 12.3 Å². The number of nitrogens with one attached hydrogen (secondary N) is 3. The molecule has 0 saturated carbocycles. The summed E-state index contributed by atoms with van der Waals surface area (Å²) in [5, 5.41) is 7.72. The summed E-state index contributed by atoms with van der Waals surface area (Å²) in [5.41, 5.74) is 2.86. The number of halogens is 2. The van der Waals surface area contributed by atoms with Gasteiger partial charge in [0.1, 0.15) is 17.3 Å². The van der Waals surface area contributed by atoms with Gasteiger partial charge in [-0.2, -0.15) is 0 Å². The molecule has 1 fully saturated rings. The maximum atomic E-state index is 14.3. The lowest BCUT2D eigenvalue weighted by molar-refractivity contribution is 0.479. The van der Waals surface area contributed by atoms with Gasteiger partial charge >= 0.3 is 0 Å². The molecular weight excluding hydrogens is 384 g/mol. The number of anilines is 1. The van der Waals surface area contributed by atoms with Gasteiger partial charge in [0.15, 0.2) is 5.82 Å². The maximum absolute atomic E-state index is 14.3. The van der Waals surface area contributed by atoms with E-state index in [1.54, 1.807) is 24.5 Å². The van der Waals surface area contributed by atoms with Crippen LogP contribution in [0.4, 0.5) is 14.6 Å². The molecule has 0 unspecified atom stereocenters. The molecule has 0 radical (unpaired) electrons. The SMILES string of the molecule is Fc1cccc(F)c1-c1ccc2[nH]cc(-c3nccnc3N[C@@H]3CCCNC3)c2c1. The second kappa shape index (κ2) is 7.84. The highest BCUT2D eigenvalue weighted by Gasteiger charge is 2.19. The van der Waals surface area contributed by atoms with Gasteiger partial charge in [-0.1, -0.05) is 12.1 Å². The Morgan fingerprint density at radius 1 is 1.03 bits per heavy atom. The Morgan fingerprint density at radius 2 is 1.87 bits per heavy atom. The molecule has 0 amide bonds. The molecule has 1 saturated heterocycles. The molecule has 0 aliphatic carbocycles. The van der Waals surface area contributed by atoms with Gasteiger partial charge in [-0.25, -0.2) is 13.8 Å². The quantitative estimate of drug-likeness (QED) is 0.459. The summed E-state index contributed by atoms with van der Waals surface area (Å²) in [6, 6.07) is 9.52. The topological polar surface area (TPSA) is 65.6 Å². The van der Waals surface area contributed by atoms with Gasteiger partial charge in [0, 0.05) is 47.6 Å². The Balaban J connectivity index is 1.59. The predicted molar refractivity (Wildman–Crippen MR) is 114 cm³/mol.